The van der Waals surface area contributed by atoms with Crippen LogP contribution in [0.3, 0.4) is 0 Å². The van der Waals surface area contributed by atoms with Crippen molar-refractivity contribution in [2.45, 2.75) is 12.5 Å². The maximum Gasteiger partial charge on any atom is 0.335 e. The summed E-state index contributed by atoms with van der Waals surface area (Å²) in [5.74, 6) is -3.45. The largest absolute Gasteiger partial charge is 0.480 e. The Labute approximate surface area is 136 Å². The van der Waals surface area contributed by atoms with Crippen LogP contribution < -0.4 is 5.32 Å². The Bertz CT molecular complexity index is 756. The molecule has 0 spiro atoms. The van der Waals surface area contributed by atoms with Crippen LogP contribution >= 0.6 is 0 Å². The lowest BCUT2D eigenvalue weighted by Crippen LogP contribution is -2.42. The van der Waals surface area contributed by atoms with Crippen molar-refractivity contribution in [1.29, 1.82) is 0 Å². The second kappa shape index (κ2) is 7.36. The number of aliphatic carboxylic acids is 1. The molecule has 0 bridgehead atoms. The van der Waals surface area contributed by atoms with Crippen molar-refractivity contribution >= 4 is 17.8 Å². The van der Waals surface area contributed by atoms with E-state index in [-0.39, 0.29) is 17.5 Å². The first-order valence-corrected chi connectivity index (χ1v) is 6.98. The van der Waals surface area contributed by atoms with E-state index in [1.165, 1.54) is 36.4 Å². The van der Waals surface area contributed by atoms with Gasteiger partial charge in [0.25, 0.3) is 5.91 Å². The third kappa shape index (κ3) is 4.39. The molecule has 0 unspecified atom stereocenters. The zero-order valence-electron chi connectivity index (χ0n) is 12.4. The van der Waals surface area contributed by atoms with Crippen LogP contribution in [0.15, 0.2) is 48.5 Å². The molecule has 24 heavy (non-hydrogen) atoms. The highest BCUT2D eigenvalue weighted by Crippen LogP contribution is 2.09. The zero-order chi connectivity index (χ0) is 17.7. The van der Waals surface area contributed by atoms with Gasteiger partial charge in [-0.05, 0) is 42.0 Å². The molecule has 0 fully saturated rings. The number of rotatable bonds is 6. The second-order valence-corrected chi connectivity index (χ2v) is 5.08. The van der Waals surface area contributed by atoms with E-state index < -0.39 is 29.7 Å². The highest BCUT2D eigenvalue weighted by Gasteiger charge is 2.21. The number of amides is 1. The van der Waals surface area contributed by atoms with Gasteiger partial charge < -0.3 is 15.5 Å². The maximum absolute atomic E-state index is 12.9. The van der Waals surface area contributed by atoms with E-state index >= 15 is 0 Å². The average Bonchev–Trinajstić information content (AvgIpc) is 2.55. The van der Waals surface area contributed by atoms with Crippen LogP contribution in [0.5, 0.6) is 0 Å². The van der Waals surface area contributed by atoms with Gasteiger partial charge in [0.2, 0.25) is 0 Å². The molecule has 2 rings (SSSR count). The average molecular weight is 331 g/mol. The lowest BCUT2D eigenvalue weighted by Gasteiger charge is -2.15. The van der Waals surface area contributed by atoms with Gasteiger partial charge in [0.15, 0.2) is 0 Å². The topological polar surface area (TPSA) is 104 Å². The van der Waals surface area contributed by atoms with Gasteiger partial charge in [0, 0.05) is 12.0 Å². The minimum atomic E-state index is -1.23. The minimum Gasteiger partial charge on any atom is -0.480 e. The highest BCUT2D eigenvalue weighted by atomic mass is 19.1. The number of hydrogen-bond donors (Lipinski definition) is 3. The summed E-state index contributed by atoms with van der Waals surface area (Å²) in [5.41, 5.74) is 0.789. The molecular formula is C17H14FNO5. The fraction of sp³-hybridized carbons (Fsp3) is 0.118. The van der Waals surface area contributed by atoms with Crippen LogP contribution in [0.1, 0.15) is 26.3 Å². The quantitative estimate of drug-likeness (QED) is 0.750. The standard InChI is InChI=1S/C17H14FNO5/c18-13-7-5-11(6-8-13)15(20)19-14(17(23)24)9-10-1-3-12(4-2-10)16(21)22/h1-8,14H,9H2,(H,19,20)(H,21,22)(H,23,24)/t14-/m1/s1. The number of nitrogens with one attached hydrogen (secondary N) is 1. The Balaban J connectivity index is 2.09. The maximum atomic E-state index is 12.9. The van der Waals surface area contributed by atoms with Crippen LogP contribution in [0, 0.1) is 5.82 Å². The summed E-state index contributed by atoms with van der Waals surface area (Å²) in [5, 5.41) is 20.4. The fourth-order valence-corrected chi connectivity index (χ4v) is 2.06. The summed E-state index contributed by atoms with van der Waals surface area (Å²) in [6, 6.07) is 9.23. The fourth-order valence-electron chi connectivity index (χ4n) is 2.06. The summed E-state index contributed by atoms with van der Waals surface area (Å²) in [6.07, 6.45) is -0.0117. The van der Waals surface area contributed by atoms with Crippen LogP contribution in [0.4, 0.5) is 4.39 Å². The lowest BCUT2D eigenvalue weighted by molar-refractivity contribution is -0.139. The number of carboxylic acid groups (broad SMARTS) is 2. The summed E-state index contributed by atoms with van der Waals surface area (Å²) in [4.78, 5) is 34.2. The van der Waals surface area contributed by atoms with Gasteiger partial charge >= 0.3 is 11.9 Å². The number of carbonyl (C=O) groups is 3. The van der Waals surface area contributed by atoms with Crippen molar-refractivity contribution in [3.63, 3.8) is 0 Å². The van der Waals surface area contributed by atoms with Gasteiger partial charge in [-0.25, -0.2) is 14.0 Å². The third-order valence-corrected chi connectivity index (χ3v) is 3.35. The Morgan fingerprint density at radius 1 is 0.917 bits per heavy atom. The van der Waals surface area contributed by atoms with E-state index in [1.54, 1.807) is 0 Å². The highest BCUT2D eigenvalue weighted by molar-refractivity contribution is 5.96. The number of aromatic carboxylic acids is 1. The SMILES string of the molecule is O=C(O)c1ccc(C[C@@H](NC(=O)c2ccc(F)cc2)C(=O)O)cc1. The smallest absolute Gasteiger partial charge is 0.335 e. The van der Waals surface area contributed by atoms with E-state index in [1.807, 2.05) is 0 Å². The Kier molecular flexibility index (Phi) is 5.26. The number of carboxylic acids is 2. The molecule has 2 aromatic carbocycles. The molecule has 0 aliphatic rings. The summed E-state index contributed by atoms with van der Waals surface area (Å²) in [7, 11) is 0. The van der Waals surface area contributed by atoms with E-state index in [0.717, 1.165) is 12.1 Å². The molecule has 124 valence electrons. The molecule has 1 atom stereocenters. The van der Waals surface area contributed by atoms with Crippen molar-refractivity contribution in [3.05, 3.63) is 71.0 Å². The molecule has 0 aliphatic heterocycles. The molecule has 0 saturated carbocycles. The summed E-state index contributed by atoms with van der Waals surface area (Å²) in [6.45, 7) is 0. The van der Waals surface area contributed by atoms with Crippen molar-refractivity contribution in [1.82, 2.24) is 5.32 Å². The Morgan fingerprint density at radius 3 is 1.96 bits per heavy atom. The molecule has 0 saturated heterocycles. The van der Waals surface area contributed by atoms with Crippen LogP contribution in [-0.2, 0) is 11.2 Å². The number of benzene rings is 2. The normalized spacial score (nSPS) is 11.5. The van der Waals surface area contributed by atoms with E-state index in [4.69, 9.17) is 5.11 Å². The summed E-state index contributed by atoms with van der Waals surface area (Å²) < 4.78 is 12.9. The van der Waals surface area contributed by atoms with Gasteiger partial charge in [0.1, 0.15) is 11.9 Å². The molecule has 3 N–H and O–H groups in total. The molecule has 0 heterocycles. The first-order chi connectivity index (χ1) is 11.4. The van der Waals surface area contributed by atoms with Crippen molar-refractivity contribution < 1.29 is 29.0 Å². The van der Waals surface area contributed by atoms with Crippen molar-refractivity contribution in [2.24, 2.45) is 0 Å². The molecule has 0 radical (unpaired) electrons. The van der Waals surface area contributed by atoms with E-state index in [0.29, 0.717) is 5.56 Å². The van der Waals surface area contributed by atoms with Crippen LogP contribution in [0.25, 0.3) is 0 Å². The van der Waals surface area contributed by atoms with E-state index in [9.17, 15) is 23.9 Å². The zero-order valence-corrected chi connectivity index (χ0v) is 12.4. The first-order valence-electron chi connectivity index (χ1n) is 6.98. The molecular weight excluding hydrogens is 317 g/mol. The predicted octanol–water partition coefficient (Wildman–Crippen LogP) is 1.95. The molecule has 0 aromatic heterocycles. The number of hydrogen-bond acceptors (Lipinski definition) is 3. The number of carbonyl (C=O) groups excluding carboxylic acids is 1. The van der Waals surface area contributed by atoms with Crippen LogP contribution in [-0.4, -0.2) is 34.1 Å². The van der Waals surface area contributed by atoms with Gasteiger partial charge in [-0.2, -0.15) is 0 Å². The summed E-state index contributed by atoms with van der Waals surface area (Å²) >= 11 is 0. The van der Waals surface area contributed by atoms with E-state index in [2.05, 4.69) is 5.32 Å². The predicted molar refractivity (Wildman–Crippen MR) is 82.4 cm³/mol. The monoisotopic (exact) mass is 331 g/mol. The third-order valence-electron chi connectivity index (χ3n) is 3.35. The van der Waals surface area contributed by atoms with Crippen molar-refractivity contribution in [2.75, 3.05) is 0 Å². The van der Waals surface area contributed by atoms with Gasteiger partial charge in [-0.1, -0.05) is 12.1 Å². The van der Waals surface area contributed by atoms with Crippen molar-refractivity contribution in [3.8, 4) is 0 Å². The molecule has 2 aromatic rings. The second-order valence-electron chi connectivity index (χ2n) is 5.08. The molecule has 0 aliphatic carbocycles. The lowest BCUT2D eigenvalue weighted by atomic mass is 10.0. The van der Waals surface area contributed by atoms with Crippen LogP contribution in [0.2, 0.25) is 0 Å². The van der Waals surface area contributed by atoms with Gasteiger partial charge in [-0.3, -0.25) is 4.79 Å². The van der Waals surface area contributed by atoms with Gasteiger partial charge in [-0.15, -0.1) is 0 Å². The first kappa shape index (κ1) is 17.1. The number of halogens is 1. The minimum absolute atomic E-state index is 0.0117. The molecule has 1 amide bonds. The van der Waals surface area contributed by atoms with Gasteiger partial charge in [0.05, 0.1) is 5.56 Å². The Hall–Kier alpha value is -3.22. The Morgan fingerprint density at radius 2 is 1.46 bits per heavy atom. The molecule has 6 nitrogen and oxygen atoms in total. The molecule has 7 heteroatoms.